The van der Waals surface area contributed by atoms with Crippen LogP contribution in [0.25, 0.3) is 0 Å². The van der Waals surface area contributed by atoms with Crippen molar-refractivity contribution in [2.45, 2.75) is 102 Å². The Balaban J connectivity index is 1.02. The Morgan fingerprint density at radius 2 is 1.82 bits per heavy atom. The molecule has 33 heavy (non-hydrogen) atoms. The van der Waals surface area contributed by atoms with Crippen molar-refractivity contribution < 1.29 is 14.4 Å². The molecule has 1 saturated heterocycles. The summed E-state index contributed by atoms with van der Waals surface area (Å²) >= 11 is 0. The average molecular weight is 452 g/mol. The van der Waals surface area contributed by atoms with Crippen LogP contribution in [-0.2, 0) is 22.6 Å². The second-order valence-corrected chi connectivity index (χ2v) is 10.8. The van der Waals surface area contributed by atoms with Crippen LogP contribution in [0.4, 0.5) is 0 Å². The molecule has 2 N–H and O–H groups in total. The first-order valence-electron chi connectivity index (χ1n) is 13.0. The molecule has 1 spiro atoms. The van der Waals surface area contributed by atoms with Crippen molar-refractivity contribution in [1.82, 2.24) is 15.5 Å². The Kier molecular flexibility index (Phi) is 6.55. The predicted octanol–water partition coefficient (Wildman–Crippen LogP) is 3.86. The lowest BCUT2D eigenvalue weighted by molar-refractivity contribution is -0.136. The molecule has 2 aliphatic heterocycles. The number of hydrogen-bond acceptors (Lipinski definition) is 4. The topological polar surface area (TPSA) is 78.5 Å². The minimum atomic E-state index is -0.539. The number of hydrogen-bond donors (Lipinski definition) is 2. The van der Waals surface area contributed by atoms with Crippen LogP contribution in [0.2, 0.25) is 0 Å². The maximum absolute atomic E-state index is 12.9. The summed E-state index contributed by atoms with van der Waals surface area (Å²) in [5.41, 5.74) is 3.79. The van der Waals surface area contributed by atoms with Crippen LogP contribution < -0.4 is 10.6 Å². The minimum absolute atomic E-state index is 0.0801. The van der Waals surface area contributed by atoms with Crippen molar-refractivity contribution in [3.05, 3.63) is 34.9 Å². The zero-order valence-corrected chi connectivity index (χ0v) is 19.7. The lowest BCUT2D eigenvalue weighted by Crippen LogP contribution is -2.52. The molecule has 4 aliphatic rings. The van der Waals surface area contributed by atoms with Crippen LogP contribution in [0.3, 0.4) is 0 Å². The summed E-state index contributed by atoms with van der Waals surface area (Å²) in [6.07, 6.45) is 15.0. The van der Waals surface area contributed by atoms with E-state index in [1.165, 1.54) is 63.4 Å². The van der Waals surface area contributed by atoms with Gasteiger partial charge in [-0.25, -0.2) is 0 Å². The minimum Gasteiger partial charge on any atom is -0.322 e. The SMILES string of the molecule is O=C1CCC(N2Cc3c(CCCCCCCNC4CC5(CCC5)C4)cccc3C2=O)C(=O)N1. The third-order valence-electron chi connectivity index (χ3n) is 8.51. The maximum atomic E-state index is 12.9. The summed E-state index contributed by atoms with van der Waals surface area (Å²) in [5, 5.41) is 6.12. The third-order valence-corrected chi connectivity index (χ3v) is 8.51. The normalized spacial score (nSPS) is 23.9. The number of nitrogens with one attached hydrogen (secondary N) is 2. The van der Waals surface area contributed by atoms with Gasteiger partial charge < -0.3 is 10.2 Å². The largest absolute Gasteiger partial charge is 0.322 e. The number of carbonyl (C=O) groups excluding carboxylic acids is 3. The monoisotopic (exact) mass is 451 g/mol. The molecule has 0 radical (unpaired) electrons. The van der Waals surface area contributed by atoms with E-state index in [0.717, 1.165) is 42.0 Å². The Labute approximate surface area is 196 Å². The van der Waals surface area contributed by atoms with Crippen LogP contribution in [0.1, 0.15) is 98.5 Å². The van der Waals surface area contributed by atoms with Crippen molar-refractivity contribution in [3.63, 3.8) is 0 Å². The Bertz CT molecular complexity index is 915. The highest BCUT2D eigenvalue weighted by Gasteiger charge is 2.47. The number of carbonyl (C=O) groups is 3. The lowest BCUT2D eigenvalue weighted by Gasteiger charge is -2.54. The first-order valence-corrected chi connectivity index (χ1v) is 13.0. The van der Waals surface area contributed by atoms with Crippen molar-refractivity contribution in [2.75, 3.05) is 6.54 Å². The van der Waals surface area contributed by atoms with Gasteiger partial charge in [-0.05, 0) is 80.5 Å². The van der Waals surface area contributed by atoms with Gasteiger partial charge in [-0.3, -0.25) is 19.7 Å². The van der Waals surface area contributed by atoms with Crippen LogP contribution in [0, 0.1) is 5.41 Å². The number of amides is 3. The maximum Gasteiger partial charge on any atom is 0.255 e. The molecule has 1 atom stereocenters. The molecule has 2 saturated carbocycles. The van der Waals surface area contributed by atoms with Gasteiger partial charge >= 0.3 is 0 Å². The molecule has 0 bridgehead atoms. The number of imide groups is 1. The van der Waals surface area contributed by atoms with Gasteiger partial charge in [0.15, 0.2) is 0 Å². The molecule has 3 amide bonds. The van der Waals surface area contributed by atoms with Gasteiger partial charge in [0.05, 0.1) is 0 Å². The van der Waals surface area contributed by atoms with Crippen LogP contribution >= 0.6 is 0 Å². The second kappa shape index (κ2) is 9.57. The lowest BCUT2D eigenvalue weighted by atomic mass is 9.54. The van der Waals surface area contributed by atoms with Crippen LogP contribution in [0.15, 0.2) is 18.2 Å². The molecule has 5 rings (SSSR count). The highest BCUT2D eigenvalue weighted by atomic mass is 16.2. The van der Waals surface area contributed by atoms with Crippen molar-refractivity contribution in [1.29, 1.82) is 0 Å². The number of rotatable bonds is 10. The van der Waals surface area contributed by atoms with Gasteiger partial charge in [0.25, 0.3) is 5.91 Å². The van der Waals surface area contributed by atoms with Gasteiger partial charge in [0.2, 0.25) is 11.8 Å². The Morgan fingerprint density at radius 1 is 1.03 bits per heavy atom. The van der Waals surface area contributed by atoms with Gasteiger partial charge in [0, 0.05) is 24.6 Å². The highest BCUT2D eigenvalue weighted by Crippen LogP contribution is 2.55. The standard InChI is InChI=1S/C27H37N3O3/c31-24-12-11-23(25(32)29-24)30-18-22-19(9-6-10-21(22)26(30)33)8-4-2-1-3-5-15-28-20-16-27(17-20)13-7-14-27/h6,9-10,20,23,28H,1-5,7-8,11-18H2,(H,29,31,32). The van der Waals surface area contributed by atoms with Crippen LogP contribution in [0.5, 0.6) is 0 Å². The van der Waals surface area contributed by atoms with E-state index in [4.69, 9.17) is 0 Å². The molecule has 1 unspecified atom stereocenters. The summed E-state index contributed by atoms with van der Waals surface area (Å²) in [6.45, 7) is 1.63. The van der Waals surface area contributed by atoms with Crippen molar-refractivity contribution in [2.24, 2.45) is 5.41 Å². The van der Waals surface area contributed by atoms with Crippen molar-refractivity contribution >= 4 is 17.7 Å². The average Bonchev–Trinajstić information content (AvgIpc) is 3.07. The molecule has 1 aromatic rings. The molecular formula is C27H37N3O3. The number of fused-ring (bicyclic) bond motifs is 1. The van der Waals surface area contributed by atoms with Gasteiger partial charge in [-0.1, -0.05) is 37.8 Å². The summed E-state index contributed by atoms with van der Waals surface area (Å²) in [5.74, 6) is -0.672. The number of nitrogens with zero attached hydrogens (tertiary/aromatic N) is 1. The van der Waals surface area contributed by atoms with Crippen LogP contribution in [-0.4, -0.2) is 41.2 Å². The smallest absolute Gasteiger partial charge is 0.255 e. The molecular weight excluding hydrogens is 414 g/mol. The molecule has 6 heteroatoms. The molecule has 6 nitrogen and oxygen atoms in total. The zero-order chi connectivity index (χ0) is 22.8. The number of piperidine rings is 1. The quantitative estimate of drug-likeness (QED) is 0.418. The van der Waals surface area contributed by atoms with E-state index in [1.54, 1.807) is 4.90 Å². The number of unbranched alkanes of at least 4 members (excludes halogenated alkanes) is 4. The van der Waals surface area contributed by atoms with E-state index < -0.39 is 6.04 Å². The summed E-state index contributed by atoms with van der Waals surface area (Å²) < 4.78 is 0. The zero-order valence-electron chi connectivity index (χ0n) is 19.7. The van der Waals surface area contributed by atoms with Gasteiger partial charge in [-0.15, -0.1) is 0 Å². The molecule has 2 heterocycles. The summed E-state index contributed by atoms with van der Waals surface area (Å²) in [7, 11) is 0. The first kappa shape index (κ1) is 22.6. The van der Waals surface area contributed by atoms with E-state index in [0.29, 0.717) is 19.4 Å². The Morgan fingerprint density at radius 3 is 2.58 bits per heavy atom. The van der Waals surface area contributed by atoms with E-state index in [9.17, 15) is 14.4 Å². The fraction of sp³-hybridized carbons (Fsp3) is 0.667. The third kappa shape index (κ3) is 4.72. The molecule has 2 aliphatic carbocycles. The molecule has 178 valence electrons. The highest BCUT2D eigenvalue weighted by molar-refractivity contribution is 6.05. The summed E-state index contributed by atoms with van der Waals surface area (Å²) in [6, 6.07) is 6.20. The van der Waals surface area contributed by atoms with E-state index >= 15 is 0 Å². The molecule has 0 aromatic heterocycles. The Hall–Kier alpha value is -2.21. The molecule has 3 fully saturated rings. The molecule has 1 aromatic carbocycles. The van der Waals surface area contributed by atoms with E-state index in [1.807, 2.05) is 12.1 Å². The van der Waals surface area contributed by atoms with Gasteiger partial charge in [0.1, 0.15) is 6.04 Å². The van der Waals surface area contributed by atoms with E-state index in [-0.39, 0.29) is 17.7 Å². The number of aryl methyl sites for hydroxylation is 1. The van der Waals surface area contributed by atoms with Gasteiger partial charge in [-0.2, -0.15) is 0 Å². The fourth-order valence-corrected chi connectivity index (χ4v) is 6.38. The summed E-state index contributed by atoms with van der Waals surface area (Å²) in [4.78, 5) is 38.3. The second-order valence-electron chi connectivity index (χ2n) is 10.8. The number of benzene rings is 1. The fourth-order valence-electron chi connectivity index (χ4n) is 6.38. The first-order chi connectivity index (χ1) is 16.0. The van der Waals surface area contributed by atoms with E-state index in [2.05, 4.69) is 16.7 Å². The van der Waals surface area contributed by atoms with Crippen molar-refractivity contribution in [3.8, 4) is 0 Å². The predicted molar refractivity (Wildman–Crippen MR) is 127 cm³/mol.